The summed E-state index contributed by atoms with van der Waals surface area (Å²) < 4.78 is 0. The predicted octanol–water partition coefficient (Wildman–Crippen LogP) is 4.73. The zero-order valence-corrected chi connectivity index (χ0v) is 21.7. The molecule has 0 saturated carbocycles. The van der Waals surface area contributed by atoms with Gasteiger partial charge < -0.3 is 10.2 Å². The molecule has 1 aromatic heterocycles. The Balaban J connectivity index is 1.42. The maximum atomic E-state index is 13.2. The number of rotatable bonds is 10. The fourth-order valence-corrected chi connectivity index (χ4v) is 4.93. The summed E-state index contributed by atoms with van der Waals surface area (Å²) in [4.78, 5) is 28.9. The molecule has 0 aliphatic carbocycles. The quantitative estimate of drug-likeness (QED) is 0.296. The molecule has 0 spiro atoms. The first kappa shape index (κ1) is 25.4. The fourth-order valence-electron chi connectivity index (χ4n) is 3.45. The van der Waals surface area contributed by atoms with E-state index in [1.807, 2.05) is 104 Å². The van der Waals surface area contributed by atoms with Gasteiger partial charge in [0, 0.05) is 36.7 Å². The molecule has 0 bridgehead atoms. The average Bonchev–Trinajstić information content (AvgIpc) is 3.37. The van der Waals surface area contributed by atoms with Gasteiger partial charge in [0.15, 0.2) is 0 Å². The van der Waals surface area contributed by atoms with E-state index in [4.69, 9.17) is 0 Å². The zero-order valence-electron chi connectivity index (χ0n) is 20.0. The van der Waals surface area contributed by atoms with Gasteiger partial charge in [-0.15, -0.1) is 22.0 Å². The van der Waals surface area contributed by atoms with Crippen molar-refractivity contribution in [3.63, 3.8) is 0 Å². The number of carbonyl (C=O) groups is 2. The summed E-state index contributed by atoms with van der Waals surface area (Å²) in [5.74, 6) is -0.324. The van der Waals surface area contributed by atoms with Crippen molar-refractivity contribution in [3.8, 4) is 10.6 Å². The highest BCUT2D eigenvalue weighted by atomic mass is 32.2. The Morgan fingerprint density at radius 1 is 0.917 bits per heavy atom. The van der Waals surface area contributed by atoms with Crippen molar-refractivity contribution in [1.29, 1.82) is 0 Å². The van der Waals surface area contributed by atoms with Crippen LogP contribution in [0.5, 0.6) is 0 Å². The number of carbonyl (C=O) groups excluding carboxylic acids is 2. The molecule has 3 aromatic carbocycles. The van der Waals surface area contributed by atoms with Crippen LogP contribution in [0.1, 0.15) is 5.56 Å². The van der Waals surface area contributed by atoms with E-state index < -0.39 is 6.04 Å². The lowest BCUT2D eigenvalue weighted by molar-refractivity contribution is -0.124. The lowest BCUT2D eigenvalue weighted by Gasteiger charge is -2.18. The Morgan fingerprint density at radius 2 is 1.58 bits per heavy atom. The highest BCUT2D eigenvalue weighted by molar-refractivity contribution is 8.00. The molecular weight excluding hydrogens is 490 g/mol. The van der Waals surface area contributed by atoms with Gasteiger partial charge in [0.25, 0.3) is 0 Å². The van der Waals surface area contributed by atoms with Crippen molar-refractivity contribution in [1.82, 2.24) is 15.5 Å². The van der Waals surface area contributed by atoms with E-state index in [9.17, 15) is 9.59 Å². The van der Waals surface area contributed by atoms with Gasteiger partial charge in [-0.2, -0.15) is 0 Å². The molecule has 1 atom stereocenters. The van der Waals surface area contributed by atoms with Gasteiger partial charge in [-0.3, -0.25) is 14.9 Å². The summed E-state index contributed by atoms with van der Waals surface area (Å²) in [6, 6.07) is 26.5. The number of amides is 2. The highest BCUT2D eigenvalue weighted by Crippen LogP contribution is 2.28. The number of hydrogen-bond acceptors (Lipinski definition) is 7. The second-order valence-corrected chi connectivity index (χ2v) is 10.3. The summed E-state index contributed by atoms with van der Waals surface area (Å²) >= 11 is 2.72. The third-order valence-corrected chi connectivity index (χ3v) is 7.23. The Morgan fingerprint density at radius 3 is 2.25 bits per heavy atom. The molecule has 4 aromatic rings. The topological polar surface area (TPSA) is 87.2 Å². The minimum atomic E-state index is -0.747. The first-order chi connectivity index (χ1) is 17.5. The first-order valence-electron chi connectivity index (χ1n) is 11.4. The SMILES string of the molecule is CN(C)c1ccc(-c2nnc(NC(=O)C(Cc3ccccc3)NC(=O)CSc3ccccc3)s2)cc1. The molecule has 0 radical (unpaired) electrons. The highest BCUT2D eigenvalue weighted by Gasteiger charge is 2.23. The number of nitrogens with zero attached hydrogens (tertiary/aromatic N) is 3. The van der Waals surface area contributed by atoms with Gasteiger partial charge in [-0.1, -0.05) is 59.9 Å². The molecule has 7 nitrogen and oxygen atoms in total. The number of thioether (sulfide) groups is 1. The molecule has 36 heavy (non-hydrogen) atoms. The Labute approximate surface area is 219 Å². The minimum Gasteiger partial charge on any atom is -0.378 e. The summed E-state index contributed by atoms with van der Waals surface area (Å²) in [6.07, 6.45) is 0.367. The van der Waals surface area contributed by atoms with Crippen LogP contribution in [0, 0.1) is 0 Å². The molecule has 1 unspecified atom stereocenters. The maximum Gasteiger partial charge on any atom is 0.249 e. The molecule has 0 saturated heterocycles. The number of hydrogen-bond donors (Lipinski definition) is 2. The molecular formula is C27H27N5O2S2. The van der Waals surface area contributed by atoms with Gasteiger partial charge in [0.1, 0.15) is 11.0 Å². The van der Waals surface area contributed by atoms with E-state index in [1.54, 1.807) is 0 Å². The lowest BCUT2D eigenvalue weighted by atomic mass is 10.1. The molecule has 1 heterocycles. The molecule has 4 rings (SSSR count). The van der Waals surface area contributed by atoms with Crippen molar-refractivity contribution in [2.24, 2.45) is 0 Å². The van der Waals surface area contributed by atoms with Crippen LogP contribution in [0.2, 0.25) is 0 Å². The van der Waals surface area contributed by atoms with Crippen LogP contribution in [-0.4, -0.2) is 47.9 Å². The van der Waals surface area contributed by atoms with Crippen molar-refractivity contribution in [3.05, 3.63) is 90.5 Å². The normalized spacial score (nSPS) is 11.5. The van der Waals surface area contributed by atoms with Crippen molar-refractivity contribution in [2.75, 3.05) is 30.1 Å². The largest absolute Gasteiger partial charge is 0.378 e. The van der Waals surface area contributed by atoms with Crippen LogP contribution >= 0.6 is 23.1 Å². The summed E-state index contributed by atoms with van der Waals surface area (Å²) in [5.41, 5.74) is 2.96. The number of aromatic nitrogens is 2. The number of anilines is 2. The van der Waals surface area contributed by atoms with Gasteiger partial charge in [-0.25, -0.2) is 0 Å². The zero-order chi connectivity index (χ0) is 25.3. The number of nitrogens with one attached hydrogen (secondary N) is 2. The van der Waals surface area contributed by atoms with Crippen LogP contribution in [0.4, 0.5) is 10.8 Å². The average molecular weight is 518 g/mol. The van der Waals surface area contributed by atoms with Gasteiger partial charge in [0.2, 0.25) is 16.9 Å². The van der Waals surface area contributed by atoms with Crippen molar-refractivity contribution < 1.29 is 9.59 Å². The fraction of sp³-hybridized carbons (Fsp3) is 0.185. The number of benzene rings is 3. The molecule has 0 aliphatic rings. The maximum absolute atomic E-state index is 13.2. The van der Waals surface area contributed by atoms with Gasteiger partial charge in [-0.05, 0) is 42.0 Å². The van der Waals surface area contributed by atoms with E-state index in [1.165, 1.54) is 23.1 Å². The monoisotopic (exact) mass is 517 g/mol. The van der Waals surface area contributed by atoms with Crippen LogP contribution in [0.15, 0.2) is 89.8 Å². The van der Waals surface area contributed by atoms with E-state index >= 15 is 0 Å². The molecule has 0 aliphatic heterocycles. The van der Waals surface area contributed by atoms with Crippen LogP contribution < -0.4 is 15.5 Å². The van der Waals surface area contributed by atoms with Gasteiger partial charge in [0.05, 0.1) is 5.75 Å². The molecule has 9 heteroatoms. The first-order valence-corrected chi connectivity index (χ1v) is 13.2. The second-order valence-electron chi connectivity index (χ2n) is 8.25. The summed E-state index contributed by atoms with van der Waals surface area (Å²) in [5, 5.41) is 15.2. The van der Waals surface area contributed by atoms with Crippen molar-refractivity contribution in [2.45, 2.75) is 17.4 Å². The molecule has 2 N–H and O–H groups in total. The third-order valence-electron chi connectivity index (χ3n) is 5.33. The standard InChI is InChI=1S/C27H27N5O2S2/c1-32(2)21-15-13-20(14-16-21)26-30-31-27(36-26)29-25(34)23(17-19-9-5-3-6-10-19)28-24(33)18-35-22-11-7-4-8-12-22/h3-16,23H,17-18H2,1-2H3,(H,28,33)(H,29,31,34). The molecule has 184 valence electrons. The Bertz CT molecular complexity index is 1280. The summed E-state index contributed by atoms with van der Waals surface area (Å²) in [7, 11) is 3.97. The molecule has 2 amide bonds. The van der Waals surface area contributed by atoms with Crippen LogP contribution in [0.3, 0.4) is 0 Å². The Kier molecular flexibility index (Phi) is 8.70. The second kappa shape index (κ2) is 12.3. The molecule has 0 fully saturated rings. The van der Waals surface area contributed by atoms with E-state index in [2.05, 4.69) is 20.8 Å². The predicted molar refractivity (Wildman–Crippen MR) is 148 cm³/mol. The lowest BCUT2D eigenvalue weighted by Crippen LogP contribution is -2.46. The smallest absolute Gasteiger partial charge is 0.249 e. The Hall–Kier alpha value is -3.69. The van der Waals surface area contributed by atoms with Crippen LogP contribution in [-0.2, 0) is 16.0 Å². The van der Waals surface area contributed by atoms with E-state index in [-0.39, 0.29) is 17.6 Å². The minimum absolute atomic E-state index is 0.209. The van der Waals surface area contributed by atoms with E-state index in [0.717, 1.165) is 21.7 Å². The third kappa shape index (κ3) is 7.16. The van der Waals surface area contributed by atoms with Crippen LogP contribution in [0.25, 0.3) is 10.6 Å². The van der Waals surface area contributed by atoms with E-state index in [0.29, 0.717) is 16.6 Å². The summed E-state index contributed by atoms with van der Waals surface area (Å²) in [6.45, 7) is 0. The van der Waals surface area contributed by atoms with Gasteiger partial charge >= 0.3 is 0 Å². The van der Waals surface area contributed by atoms with Crippen molar-refractivity contribution >= 4 is 45.7 Å².